The minimum Gasteiger partial charge on any atom is -0.497 e. The minimum absolute atomic E-state index is 0.0553. The van der Waals surface area contributed by atoms with Gasteiger partial charge in [0.25, 0.3) is 11.8 Å². The van der Waals surface area contributed by atoms with Gasteiger partial charge in [-0.2, -0.15) is 0 Å². The van der Waals surface area contributed by atoms with E-state index >= 15 is 0 Å². The first-order valence-corrected chi connectivity index (χ1v) is 10.5. The van der Waals surface area contributed by atoms with E-state index < -0.39 is 17.9 Å². The maximum Gasteiger partial charge on any atom is 0.262 e. The van der Waals surface area contributed by atoms with E-state index in [2.05, 4.69) is 12.2 Å². The lowest BCUT2D eigenvalue weighted by molar-refractivity contribution is -0.122. The Morgan fingerprint density at radius 2 is 1.68 bits per heavy atom. The second-order valence-electron chi connectivity index (χ2n) is 7.41. The molecule has 0 bridgehead atoms. The maximum absolute atomic E-state index is 13.1. The van der Waals surface area contributed by atoms with Crippen molar-refractivity contribution in [2.75, 3.05) is 20.8 Å². The van der Waals surface area contributed by atoms with Gasteiger partial charge in [-0.25, -0.2) is 0 Å². The van der Waals surface area contributed by atoms with Gasteiger partial charge in [0.05, 0.1) is 37.8 Å². The molecule has 0 fully saturated rings. The third kappa shape index (κ3) is 4.71. The standard InChI is InChI=1S/C24H28N2O5/c1-4-5-8-13-25-22(27)15-20(19-12-11-16(30-2)14-21(19)31-3)26-23(28)17-9-6-7-10-18(17)24(26)29/h6-7,9-12,14,20H,4-5,8,13,15H2,1-3H3,(H,25,27). The molecule has 1 atom stereocenters. The number of imide groups is 1. The molecule has 2 aromatic rings. The third-order valence-electron chi connectivity index (χ3n) is 5.42. The van der Waals surface area contributed by atoms with E-state index in [-0.39, 0.29) is 12.3 Å². The Labute approximate surface area is 182 Å². The number of benzene rings is 2. The Hall–Kier alpha value is -3.35. The lowest BCUT2D eigenvalue weighted by Gasteiger charge is -2.28. The minimum atomic E-state index is -0.806. The van der Waals surface area contributed by atoms with Crippen LogP contribution in [-0.2, 0) is 4.79 Å². The van der Waals surface area contributed by atoms with Crippen molar-refractivity contribution in [1.82, 2.24) is 10.2 Å². The number of methoxy groups -OCH3 is 2. The van der Waals surface area contributed by atoms with Crippen molar-refractivity contribution in [2.45, 2.75) is 38.6 Å². The lowest BCUT2D eigenvalue weighted by Crippen LogP contribution is -2.38. The highest BCUT2D eigenvalue weighted by atomic mass is 16.5. The number of hydrogen-bond donors (Lipinski definition) is 1. The van der Waals surface area contributed by atoms with Gasteiger partial charge in [-0.3, -0.25) is 19.3 Å². The average molecular weight is 424 g/mol. The van der Waals surface area contributed by atoms with Crippen molar-refractivity contribution in [1.29, 1.82) is 0 Å². The topological polar surface area (TPSA) is 84.9 Å². The monoisotopic (exact) mass is 424 g/mol. The number of carbonyl (C=O) groups is 3. The summed E-state index contributed by atoms with van der Waals surface area (Å²) in [6.45, 7) is 2.65. The van der Waals surface area contributed by atoms with Crippen LogP contribution in [-0.4, -0.2) is 43.4 Å². The molecule has 2 aromatic carbocycles. The van der Waals surface area contributed by atoms with Gasteiger partial charge in [0, 0.05) is 18.2 Å². The number of hydrogen-bond acceptors (Lipinski definition) is 5. The average Bonchev–Trinajstić information content (AvgIpc) is 3.05. The second kappa shape index (κ2) is 10.1. The first-order valence-electron chi connectivity index (χ1n) is 10.5. The molecule has 1 N–H and O–H groups in total. The van der Waals surface area contributed by atoms with Crippen molar-refractivity contribution in [3.63, 3.8) is 0 Å². The fourth-order valence-corrected chi connectivity index (χ4v) is 3.78. The van der Waals surface area contributed by atoms with E-state index in [4.69, 9.17) is 9.47 Å². The Morgan fingerprint density at radius 3 is 2.26 bits per heavy atom. The number of carbonyl (C=O) groups excluding carboxylic acids is 3. The zero-order valence-electron chi connectivity index (χ0n) is 18.1. The van der Waals surface area contributed by atoms with E-state index in [1.54, 1.807) is 49.6 Å². The number of nitrogens with zero attached hydrogens (tertiary/aromatic N) is 1. The van der Waals surface area contributed by atoms with Gasteiger partial charge < -0.3 is 14.8 Å². The zero-order valence-corrected chi connectivity index (χ0v) is 18.1. The van der Waals surface area contributed by atoms with E-state index in [1.807, 2.05) is 0 Å². The molecule has 1 aliphatic rings. The number of amides is 3. The van der Waals surface area contributed by atoms with E-state index in [0.29, 0.717) is 34.7 Å². The number of rotatable bonds is 10. The van der Waals surface area contributed by atoms with Crippen LogP contribution in [0.2, 0.25) is 0 Å². The highest BCUT2D eigenvalue weighted by Gasteiger charge is 2.42. The Kier molecular flexibility index (Phi) is 7.28. The first-order chi connectivity index (χ1) is 15.0. The Morgan fingerprint density at radius 1 is 1.00 bits per heavy atom. The van der Waals surface area contributed by atoms with E-state index in [0.717, 1.165) is 19.3 Å². The van der Waals surface area contributed by atoms with Crippen LogP contribution < -0.4 is 14.8 Å². The second-order valence-corrected chi connectivity index (χ2v) is 7.41. The van der Waals surface area contributed by atoms with Crippen LogP contribution in [0.25, 0.3) is 0 Å². The van der Waals surface area contributed by atoms with Crippen LogP contribution in [0.4, 0.5) is 0 Å². The molecule has 3 rings (SSSR count). The molecule has 1 aliphatic heterocycles. The molecule has 0 radical (unpaired) electrons. The molecule has 0 spiro atoms. The van der Waals surface area contributed by atoms with Gasteiger partial charge in [-0.15, -0.1) is 0 Å². The van der Waals surface area contributed by atoms with Crippen molar-refractivity contribution in [2.24, 2.45) is 0 Å². The van der Waals surface area contributed by atoms with Gasteiger partial charge in [0.15, 0.2) is 0 Å². The molecule has 0 saturated carbocycles. The summed E-state index contributed by atoms with van der Waals surface area (Å²) in [7, 11) is 3.04. The van der Waals surface area contributed by atoms with Crippen LogP contribution >= 0.6 is 0 Å². The Balaban J connectivity index is 1.95. The highest BCUT2D eigenvalue weighted by molar-refractivity contribution is 6.21. The number of fused-ring (bicyclic) bond motifs is 1. The van der Waals surface area contributed by atoms with Crippen molar-refractivity contribution in [3.8, 4) is 11.5 Å². The summed E-state index contributed by atoms with van der Waals surface area (Å²) in [5, 5.41) is 2.90. The number of nitrogens with one attached hydrogen (secondary N) is 1. The SMILES string of the molecule is CCCCCNC(=O)CC(c1ccc(OC)cc1OC)N1C(=O)c2ccccc2C1=O. The number of ether oxygens (including phenoxy) is 2. The molecule has 7 nitrogen and oxygen atoms in total. The van der Waals surface area contributed by atoms with E-state index in [9.17, 15) is 14.4 Å². The van der Waals surface area contributed by atoms with Crippen LogP contribution in [0.3, 0.4) is 0 Å². The normalized spacial score (nSPS) is 13.7. The molecule has 0 aromatic heterocycles. The van der Waals surface area contributed by atoms with Crippen LogP contribution in [0, 0.1) is 0 Å². The summed E-state index contributed by atoms with van der Waals surface area (Å²) >= 11 is 0. The maximum atomic E-state index is 13.1. The quantitative estimate of drug-likeness (QED) is 0.464. The smallest absolute Gasteiger partial charge is 0.262 e. The van der Waals surface area contributed by atoms with Gasteiger partial charge in [0.1, 0.15) is 11.5 Å². The molecule has 1 unspecified atom stereocenters. The summed E-state index contributed by atoms with van der Waals surface area (Å²) in [6, 6.07) is 11.0. The predicted molar refractivity (Wildman–Crippen MR) is 116 cm³/mol. The van der Waals surface area contributed by atoms with Crippen LogP contribution in [0.15, 0.2) is 42.5 Å². The lowest BCUT2D eigenvalue weighted by atomic mass is 9.99. The summed E-state index contributed by atoms with van der Waals surface area (Å²) < 4.78 is 10.8. The van der Waals surface area contributed by atoms with Crippen LogP contribution in [0.1, 0.15) is 64.9 Å². The van der Waals surface area contributed by atoms with Crippen molar-refractivity contribution in [3.05, 3.63) is 59.2 Å². The van der Waals surface area contributed by atoms with Gasteiger partial charge in [-0.1, -0.05) is 31.9 Å². The molecule has 31 heavy (non-hydrogen) atoms. The molecular weight excluding hydrogens is 396 g/mol. The molecule has 1 heterocycles. The molecule has 164 valence electrons. The van der Waals surface area contributed by atoms with Gasteiger partial charge >= 0.3 is 0 Å². The van der Waals surface area contributed by atoms with Crippen LogP contribution in [0.5, 0.6) is 11.5 Å². The number of unbranched alkanes of at least 4 members (excludes halogenated alkanes) is 2. The summed E-state index contributed by atoms with van der Waals surface area (Å²) in [5.41, 5.74) is 1.25. The fourth-order valence-electron chi connectivity index (χ4n) is 3.78. The van der Waals surface area contributed by atoms with Crippen molar-refractivity contribution < 1.29 is 23.9 Å². The molecule has 3 amide bonds. The molecule has 7 heteroatoms. The third-order valence-corrected chi connectivity index (χ3v) is 5.42. The zero-order chi connectivity index (χ0) is 22.4. The Bertz CT molecular complexity index is 937. The van der Waals surface area contributed by atoms with Crippen molar-refractivity contribution >= 4 is 17.7 Å². The highest BCUT2D eigenvalue weighted by Crippen LogP contribution is 2.38. The first kappa shape index (κ1) is 22.3. The van der Waals surface area contributed by atoms with Gasteiger partial charge in [0.2, 0.25) is 5.91 Å². The summed E-state index contributed by atoms with van der Waals surface area (Å²) in [4.78, 5) is 40.2. The molecule has 0 saturated heterocycles. The largest absolute Gasteiger partial charge is 0.497 e. The molecule has 0 aliphatic carbocycles. The van der Waals surface area contributed by atoms with Gasteiger partial charge in [-0.05, 0) is 30.7 Å². The summed E-state index contributed by atoms with van der Waals surface area (Å²) in [6.07, 6.45) is 2.90. The fraction of sp³-hybridized carbons (Fsp3) is 0.375. The van der Waals surface area contributed by atoms with E-state index in [1.165, 1.54) is 12.0 Å². The summed E-state index contributed by atoms with van der Waals surface area (Å²) in [5.74, 6) is -0.0366. The molecular formula is C24H28N2O5. The predicted octanol–water partition coefficient (Wildman–Crippen LogP) is 3.74.